The predicted octanol–water partition coefficient (Wildman–Crippen LogP) is 2.54. The fourth-order valence-electron chi connectivity index (χ4n) is 2.25. The molecule has 0 spiro atoms. The van der Waals surface area contributed by atoms with Gasteiger partial charge in [-0.15, -0.1) is 0 Å². The van der Waals surface area contributed by atoms with Crippen LogP contribution in [0, 0.1) is 0 Å². The summed E-state index contributed by atoms with van der Waals surface area (Å²) in [6, 6.07) is 9.78. The molecule has 116 valence electrons. The third-order valence-electron chi connectivity index (χ3n) is 3.28. The molecule has 3 N–H and O–H groups in total. The normalized spacial score (nSPS) is 11.3. The maximum atomic E-state index is 10.1. The van der Waals surface area contributed by atoms with Crippen LogP contribution in [0.15, 0.2) is 42.5 Å². The largest absolute Gasteiger partial charge is 0.507 e. The van der Waals surface area contributed by atoms with E-state index in [0.717, 1.165) is 0 Å². The Bertz CT molecular complexity index is 691. The molecule has 2 aromatic carbocycles. The van der Waals surface area contributed by atoms with Crippen LogP contribution in [-0.4, -0.2) is 36.1 Å². The number of hydrogen-bond acceptors (Lipinski definition) is 5. The molecule has 0 unspecified atom stereocenters. The smallest absolute Gasteiger partial charge is 0.164 e. The summed E-state index contributed by atoms with van der Waals surface area (Å²) in [5, 5.41) is 29.4. The second kappa shape index (κ2) is 6.87. The monoisotopic (exact) mass is 302 g/mol. The van der Waals surface area contributed by atoms with Gasteiger partial charge in [0.2, 0.25) is 0 Å². The first-order chi connectivity index (χ1) is 10.6. The highest BCUT2D eigenvalue weighted by atomic mass is 16.5. The number of phenols is 2. The standard InChI is InChI=1S/C17H18O5/c1-21-16-10-17(22-2)15(20)9-13(16)11(7-8-18)12-5-3-4-6-14(12)19/h3-7,9-10,18-20H,8H2,1-2H3/b11-7+. The molecule has 0 saturated carbocycles. The van der Waals surface area contributed by atoms with Gasteiger partial charge in [-0.25, -0.2) is 0 Å². The van der Waals surface area contributed by atoms with Crippen LogP contribution >= 0.6 is 0 Å². The fourth-order valence-corrected chi connectivity index (χ4v) is 2.25. The fraction of sp³-hybridized carbons (Fsp3) is 0.176. The number of aliphatic hydroxyl groups excluding tert-OH is 1. The molecule has 0 amide bonds. The first-order valence-electron chi connectivity index (χ1n) is 6.67. The molecule has 0 bridgehead atoms. The highest BCUT2D eigenvalue weighted by Gasteiger charge is 2.17. The minimum absolute atomic E-state index is 0.0578. The molecule has 0 radical (unpaired) electrons. The van der Waals surface area contributed by atoms with Crippen LogP contribution in [-0.2, 0) is 0 Å². The zero-order chi connectivity index (χ0) is 16.1. The van der Waals surface area contributed by atoms with Crippen molar-refractivity contribution >= 4 is 5.57 Å². The number of benzene rings is 2. The summed E-state index contributed by atoms with van der Waals surface area (Å²) in [6.45, 7) is -0.223. The van der Waals surface area contributed by atoms with Crippen molar-refractivity contribution in [2.75, 3.05) is 20.8 Å². The van der Waals surface area contributed by atoms with Crippen LogP contribution in [0.25, 0.3) is 5.57 Å². The first-order valence-corrected chi connectivity index (χ1v) is 6.67. The second-order valence-electron chi connectivity index (χ2n) is 4.54. The number of aromatic hydroxyl groups is 2. The number of aliphatic hydroxyl groups is 1. The Morgan fingerprint density at radius 2 is 1.64 bits per heavy atom. The maximum absolute atomic E-state index is 10.1. The summed E-state index contributed by atoms with van der Waals surface area (Å²) in [4.78, 5) is 0. The number of methoxy groups -OCH3 is 2. The number of para-hydroxylation sites is 1. The van der Waals surface area contributed by atoms with E-state index in [4.69, 9.17) is 9.47 Å². The highest BCUT2D eigenvalue weighted by molar-refractivity contribution is 5.86. The molecule has 0 fully saturated rings. The minimum Gasteiger partial charge on any atom is -0.507 e. The van der Waals surface area contributed by atoms with Gasteiger partial charge in [0.05, 0.1) is 20.8 Å². The number of rotatable bonds is 5. The van der Waals surface area contributed by atoms with Gasteiger partial charge in [0.15, 0.2) is 11.5 Å². The Balaban J connectivity index is 2.67. The molecular weight excluding hydrogens is 284 g/mol. The van der Waals surface area contributed by atoms with Crippen LogP contribution in [0.4, 0.5) is 0 Å². The van der Waals surface area contributed by atoms with E-state index in [-0.39, 0.29) is 23.9 Å². The van der Waals surface area contributed by atoms with Gasteiger partial charge in [-0.05, 0) is 17.7 Å². The lowest BCUT2D eigenvalue weighted by Crippen LogP contribution is -1.97. The van der Waals surface area contributed by atoms with Crippen LogP contribution in [0.5, 0.6) is 23.0 Å². The van der Waals surface area contributed by atoms with Crippen LogP contribution in [0.2, 0.25) is 0 Å². The quantitative estimate of drug-likeness (QED) is 0.791. The molecule has 22 heavy (non-hydrogen) atoms. The average Bonchev–Trinajstić information content (AvgIpc) is 2.53. The second-order valence-corrected chi connectivity index (χ2v) is 4.54. The van der Waals surface area contributed by atoms with Gasteiger partial charge in [0, 0.05) is 17.2 Å². The van der Waals surface area contributed by atoms with Crippen molar-refractivity contribution in [2.45, 2.75) is 0 Å². The van der Waals surface area contributed by atoms with E-state index in [1.54, 1.807) is 36.4 Å². The van der Waals surface area contributed by atoms with Crippen molar-refractivity contribution in [2.24, 2.45) is 0 Å². The molecule has 5 nitrogen and oxygen atoms in total. The van der Waals surface area contributed by atoms with Gasteiger partial charge in [-0.2, -0.15) is 0 Å². The Kier molecular flexibility index (Phi) is 4.91. The Morgan fingerprint density at radius 1 is 0.955 bits per heavy atom. The number of ether oxygens (including phenoxy) is 2. The maximum Gasteiger partial charge on any atom is 0.164 e. The van der Waals surface area contributed by atoms with Gasteiger partial charge in [0.25, 0.3) is 0 Å². The lowest BCUT2D eigenvalue weighted by atomic mass is 9.95. The number of hydrogen-bond donors (Lipinski definition) is 3. The molecule has 0 aliphatic carbocycles. The van der Waals surface area contributed by atoms with Crippen LogP contribution in [0.3, 0.4) is 0 Å². The average molecular weight is 302 g/mol. The van der Waals surface area contributed by atoms with Crippen molar-refractivity contribution < 1.29 is 24.8 Å². The van der Waals surface area contributed by atoms with Crippen molar-refractivity contribution in [1.82, 2.24) is 0 Å². The molecule has 5 heteroatoms. The lowest BCUT2D eigenvalue weighted by Gasteiger charge is -2.16. The molecule has 0 aliphatic heterocycles. The third-order valence-corrected chi connectivity index (χ3v) is 3.28. The molecular formula is C17H18O5. The Labute approximate surface area is 128 Å². The minimum atomic E-state index is -0.223. The predicted molar refractivity (Wildman–Crippen MR) is 83.5 cm³/mol. The zero-order valence-electron chi connectivity index (χ0n) is 12.4. The van der Waals surface area contributed by atoms with Gasteiger partial charge < -0.3 is 24.8 Å². The third kappa shape index (κ3) is 2.99. The van der Waals surface area contributed by atoms with Crippen molar-refractivity contribution in [3.8, 4) is 23.0 Å². The molecule has 2 aromatic rings. The van der Waals surface area contributed by atoms with Crippen LogP contribution in [0.1, 0.15) is 11.1 Å². The molecule has 0 atom stereocenters. The van der Waals surface area contributed by atoms with E-state index in [0.29, 0.717) is 22.4 Å². The van der Waals surface area contributed by atoms with E-state index < -0.39 is 0 Å². The van der Waals surface area contributed by atoms with Crippen LogP contribution < -0.4 is 9.47 Å². The lowest BCUT2D eigenvalue weighted by molar-refractivity contribution is 0.343. The van der Waals surface area contributed by atoms with E-state index in [1.807, 2.05) is 0 Å². The number of phenolic OH excluding ortho intramolecular Hbond substituents is 2. The van der Waals surface area contributed by atoms with Crippen molar-refractivity contribution in [1.29, 1.82) is 0 Å². The summed E-state index contributed by atoms with van der Waals surface area (Å²) < 4.78 is 10.4. The molecule has 2 rings (SSSR count). The molecule has 0 aromatic heterocycles. The summed E-state index contributed by atoms with van der Waals surface area (Å²) in [6.07, 6.45) is 1.54. The van der Waals surface area contributed by atoms with E-state index in [2.05, 4.69) is 0 Å². The molecule has 0 aliphatic rings. The Hall–Kier alpha value is -2.66. The van der Waals surface area contributed by atoms with Gasteiger partial charge in [0.1, 0.15) is 11.5 Å². The Morgan fingerprint density at radius 3 is 2.23 bits per heavy atom. The topological polar surface area (TPSA) is 79.2 Å². The van der Waals surface area contributed by atoms with Crippen molar-refractivity contribution in [3.63, 3.8) is 0 Å². The molecule has 0 saturated heterocycles. The van der Waals surface area contributed by atoms with Crippen molar-refractivity contribution in [3.05, 3.63) is 53.6 Å². The summed E-state index contributed by atoms with van der Waals surface area (Å²) in [5.41, 5.74) is 1.62. The van der Waals surface area contributed by atoms with Gasteiger partial charge in [-0.1, -0.05) is 24.3 Å². The zero-order valence-corrected chi connectivity index (χ0v) is 12.4. The SMILES string of the molecule is COc1cc(OC)c(/C(=C/CO)c2ccccc2O)cc1O. The van der Waals surface area contributed by atoms with Gasteiger partial charge >= 0.3 is 0 Å². The van der Waals surface area contributed by atoms with Gasteiger partial charge in [-0.3, -0.25) is 0 Å². The summed E-state index contributed by atoms with van der Waals surface area (Å²) in [7, 11) is 2.94. The van der Waals surface area contributed by atoms with E-state index >= 15 is 0 Å². The summed E-state index contributed by atoms with van der Waals surface area (Å²) >= 11 is 0. The van der Waals surface area contributed by atoms with E-state index in [9.17, 15) is 15.3 Å². The first kappa shape index (κ1) is 15.7. The molecule has 0 heterocycles. The summed E-state index contributed by atoms with van der Waals surface area (Å²) in [5.74, 6) is 0.746. The highest BCUT2D eigenvalue weighted by Crippen LogP contribution is 2.41. The van der Waals surface area contributed by atoms with E-state index in [1.165, 1.54) is 20.3 Å².